The lowest BCUT2D eigenvalue weighted by Gasteiger charge is -2.13. The first-order chi connectivity index (χ1) is 8.42. The van der Waals surface area contributed by atoms with Crippen molar-refractivity contribution in [1.82, 2.24) is 4.98 Å². The Kier molecular flexibility index (Phi) is 1.64. The summed E-state index contributed by atoms with van der Waals surface area (Å²) in [4.78, 5) is 9.05. The number of fused-ring (bicyclic) bond motifs is 3. The normalized spacial score (nSPS) is 15.5. The molecule has 2 aromatic rings. The van der Waals surface area contributed by atoms with E-state index in [1.54, 1.807) is 0 Å². The van der Waals surface area contributed by atoms with Gasteiger partial charge in [-0.25, -0.2) is 4.99 Å². The quantitative estimate of drug-likeness (QED) is 0.657. The van der Waals surface area contributed by atoms with Gasteiger partial charge >= 0.3 is 0 Å². The Balaban J connectivity index is 2.07. The fourth-order valence-electron chi connectivity index (χ4n) is 2.52. The van der Waals surface area contributed by atoms with E-state index in [0.717, 1.165) is 23.2 Å². The highest BCUT2D eigenvalue weighted by Crippen LogP contribution is 2.28. The molecule has 0 atom stereocenters. The molecule has 2 heteroatoms. The molecule has 1 aliphatic heterocycles. The Morgan fingerprint density at radius 2 is 1.94 bits per heavy atom. The van der Waals surface area contributed by atoms with Crippen LogP contribution in [0.2, 0.25) is 0 Å². The van der Waals surface area contributed by atoms with E-state index in [1.807, 2.05) is 18.3 Å². The monoisotopic (exact) mass is 218 g/mol. The van der Waals surface area contributed by atoms with Gasteiger partial charge in [-0.15, -0.1) is 0 Å². The van der Waals surface area contributed by atoms with Crippen LogP contribution in [0.15, 0.2) is 53.3 Å². The second kappa shape index (κ2) is 3.14. The molecule has 80 valence electrons. The van der Waals surface area contributed by atoms with Gasteiger partial charge in [-0.05, 0) is 29.3 Å². The van der Waals surface area contributed by atoms with Crippen molar-refractivity contribution in [3.63, 3.8) is 0 Å². The molecule has 0 amide bonds. The van der Waals surface area contributed by atoms with Gasteiger partial charge in [0.05, 0.1) is 16.7 Å². The molecule has 0 spiro atoms. The SMILES string of the molecule is C1=C2N=c3ccccc3=C2Cc2cccnc21. The lowest BCUT2D eigenvalue weighted by atomic mass is 9.94. The van der Waals surface area contributed by atoms with E-state index < -0.39 is 0 Å². The van der Waals surface area contributed by atoms with Crippen molar-refractivity contribution in [2.24, 2.45) is 4.99 Å². The van der Waals surface area contributed by atoms with Gasteiger partial charge < -0.3 is 0 Å². The van der Waals surface area contributed by atoms with Crippen LogP contribution in [-0.4, -0.2) is 4.98 Å². The fraction of sp³-hybridized carbons (Fsp3) is 0.0667. The zero-order valence-corrected chi connectivity index (χ0v) is 9.22. The minimum atomic E-state index is 0.940. The zero-order valence-electron chi connectivity index (χ0n) is 9.22. The number of benzene rings is 1. The van der Waals surface area contributed by atoms with Gasteiger partial charge in [0.2, 0.25) is 0 Å². The number of para-hydroxylation sites is 1. The van der Waals surface area contributed by atoms with E-state index in [2.05, 4.69) is 40.3 Å². The number of pyridine rings is 1. The molecule has 1 aromatic carbocycles. The van der Waals surface area contributed by atoms with E-state index in [1.165, 1.54) is 16.4 Å². The molecule has 0 unspecified atom stereocenters. The van der Waals surface area contributed by atoms with Gasteiger partial charge in [0, 0.05) is 17.8 Å². The Labute approximate surface area is 98.7 Å². The minimum absolute atomic E-state index is 0.940. The second-order valence-electron chi connectivity index (χ2n) is 4.36. The van der Waals surface area contributed by atoms with Gasteiger partial charge in [0.1, 0.15) is 0 Å². The van der Waals surface area contributed by atoms with E-state index in [-0.39, 0.29) is 0 Å². The number of allylic oxidation sites excluding steroid dienone is 1. The molecular formula is C15H10N2. The van der Waals surface area contributed by atoms with Gasteiger partial charge in [-0.1, -0.05) is 24.3 Å². The molecular weight excluding hydrogens is 208 g/mol. The van der Waals surface area contributed by atoms with Crippen molar-refractivity contribution in [3.8, 4) is 0 Å². The summed E-state index contributed by atoms with van der Waals surface area (Å²) in [6.07, 6.45) is 4.87. The van der Waals surface area contributed by atoms with Crippen molar-refractivity contribution in [2.45, 2.75) is 6.42 Å². The Bertz CT molecular complexity index is 770. The minimum Gasteiger partial charge on any atom is -0.257 e. The summed E-state index contributed by atoms with van der Waals surface area (Å²) in [6.45, 7) is 0. The molecule has 2 nitrogen and oxygen atoms in total. The molecule has 0 radical (unpaired) electrons. The first-order valence-electron chi connectivity index (χ1n) is 5.75. The van der Waals surface area contributed by atoms with Crippen LogP contribution in [0.3, 0.4) is 0 Å². The average molecular weight is 218 g/mol. The van der Waals surface area contributed by atoms with Crippen molar-refractivity contribution < 1.29 is 0 Å². The average Bonchev–Trinajstić information content (AvgIpc) is 2.73. The lowest BCUT2D eigenvalue weighted by Crippen LogP contribution is -2.22. The molecule has 1 aliphatic carbocycles. The van der Waals surface area contributed by atoms with Crippen molar-refractivity contribution >= 4 is 11.6 Å². The maximum atomic E-state index is 4.66. The molecule has 4 rings (SSSR count). The number of nitrogens with zero attached hydrogens (tertiary/aromatic N) is 2. The summed E-state index contributed by atoms with van der Waals surface area (Å²) in [7, 11) is 0. The van der Waals surface area contributed by atoms with Crippen LogP contribution >= 0.6 is 0 Å². The summed E-state index contributed by atoms with van der Waals surface area (Å²) in [6, 6.07) is 12.5. The van der Waals surface area contributed by atoms with Crippen LogP contribution in [0.25, 0.3) is 11.6 Å². The van der Waals surface area contributed by atoms with Gasteiger partial charge in [-0.3, -0.25) is 4.98 Å². The third-order valence-corrected chi connectivity index (χ3v) is 3.35. The third-order valence-electron chi connectivity index (χ3n) is 3.35. The van der Waals surface area contributed by atoms with Crippen LogP contribution in [-0.2, 0) is 6.42 Å². The second-order valence-corrected chi connectivity index (χ2v) is 4.36. The van der Waals surface area contributed by atoms with Gasteiger partial charge in [0.15, 0.2) is 0 Å². The molecule has 0 fully saturated rings. The van der Waals surface area contributed by atoms with E-state index >= 15 is 0 Å². The summed E-state index contributed by atoms with van der Waals surface area (Å²) in [5.41, 5.74) is 4.76. The van der Waals surface area contributed by atoms with E-state index in [4.69, 9.17) is 0 Å². The first kappa shape index (κ1) is 8.88. The Morgan fingerprint density at radius 1 is 1.00 bits per heavy atom. The summed E-state index contributed by atoms with van der Waals surface area (Å²) < 4.78 is 0. The molecule has 2 aliphatic rings. The fourth-order valence-corrected chi connectivity index (χ4v) is 2.52. The third kappa shape index (κ3) is 1.21. The lowest BCUT2D eigenvalue weighted by molar-refractivity contribution is 1.14. The Hall–Kier alpha value is -2.22. The highest BCUT2D eigenvalue weighted by Gasteiger charge is 2.19. The topological polar surface area (TPSA) is 25.2 Å². The molecule has 0 bridgehead atoms. The predicted molar refractivity (Wildman–Crippen MR) is 66.5 cm³/mol. The maximum absolute atomic E-state index is 4.66. The highest BCUT2D eigenvalue weighted by atomic mass is 14.8. The van der Waals surface area contributed by atoms with Gasteiger partial charge in [0.25, 0.3) is 0 Å². The van der Waals surface area contributed by atoms with Crippen LogP contribution in [0, 0.1) is 0 Å². The number of hydrogen-bond acceptors (Lipinski definition) is 2. The number of rotatable bonds is 0. The van der Waals surface area contributed by atoms with Crippen LogP contribution in [0.4, 0.5) is 0 Å². The number of hydrogen-bond donors (Lipinski definition) is 0. The molecule has 0 saturated carbocycles. The van der Waals surface area contributed by atoms with Crippen LogP contribution < -0.4 is 10.6 Å². The summed E-state index contributed by atoms with van der Waals surface area (Å²) >= 11 is 0. The van der Waals surface area contributed by atoms with E-state index in [9.17, 15) is 0 Å². The molecule has 0 saturated heterocycles. The highest BCUT2D eigenvalue weighted by molar-refractivity contribution is 5.80. The van der Waals surface area contributed by atoms with Crippen molar-refractivity contribution in [1.29, 1.82) is 0 Å². The standard InChI is InChI=1S/C15H10N2/c1-2-6-13-11(5-1)12-8-10-4-3-7-16-14(10)9-15(12)17-13/h1-7,9H,8H2. The zero-order chi connectivity index (χ0) is 11.2. The predicted octanol–water partition coefficient (Wildman–Crippen LogP) is 1.46. The molecule has 0 N–H and O–H groups in total. The van der Waals surface area contributed by atoms with Crippen molar-refractivity contribution in [2.75, 3.05) is 0 Å². The summed E-state index contributed by atoms with van der Waals surface area (Å²) in [5.74, 6) is 0. The van der Waals surface area contributed by atoms with Gasteiger partial charge in [-0.2, -0.15) is 0 Å². The van der Waals surface area contributed by atoms with Crippen LogP contribution in [0.5, 0.6) is 0 Å². The summed E-state index contributed by atoms with van der Waals surface area (Å²) in [5, 5.41) is 2.36. The van der Waals surface area contributed by atoms with Crippen LogP contribution in [0.1, 0.15) is 11.3 Å². The largest absolute Gasteiger partial charge is 0.257 e. The maximum Gasteiger partial charge on any atom is 0.0713 e. The molecule has 2 heterocycles. The molecule has 1 aromatic heterocycles. The smallest absolute Gasteiger partial charge is 0.0713 e. The van der Waals surface area contributed by atoms with Crippen molar-refractivity contribution in [3.05, 3.63) is 70.1 Å². The molecule has 17 heavy (non-hydrogen) atoms. The number of aromatic nitrogens is 1. The Morgan fingerprint density at radius 3 is 2.94 bits per heavy atom. The first-order valence-corrected chi connectivity index (χ1v) is 5.75. The van der Waals surface area contributed by atoms with E-state index in [0.29, 0.717) is 0 Å².